The predicted molar refractivity (Wildman–Crippen MR) is 264 cm³/mol. The molecule has 0 aliphatic rings. The summed E-state index contributed by atoms with van der Waals surface area (Å²) in [7, 11) is 0. The normalized spacial score (nSPS) is 14.0. The number of carbonyl (C=O) groups excluding carboxylic acids is 2. The van der Waals surface area contributed by atoms with Gasteiger partial charge in [-0.05, 0) is 70.6 Å². The second-order valence-corrected chi connectivity index (χ2v) is 17.0. The molecule has 1 amide bonds. The van der Waals surface area contributed by atoms with Crippen molar-refractivity contribution in [2.45, 2.75) is 244 Å². The van der Waals surface area contributed by atoms with Crippen LogP contribution in [0.1, 0.15) is 226 Å². The van der Waals surface area contributed by atoms with E-state index in [9.17, 15) is 19.8 Å². The molecule has 0 radical (unpaired) electrons. The monoisotopic (exact) mass is 850 g/mol. The number of unbranched alkanes of at least 4 members (excludes halogenated alkanes) is 22. The van der Waals surface area contributed by atoms with Crippen molar-refractivity contribution in [1.82, 2.24) is 5.32 Å². The first kappa shape index (κ1) is 58.0. The number of rotatable bonds is 44. The molecule has 0 saturated heterocycles. The first-order valence-corrected chi connectivity index (χ1v) is 25.4. The molecule has 0 saturated carbocycles. The third-order valence-electron chi connectivity index (χ3n) is 11.1. The molecule has 3 unspecified atom stereocenters. The third kappa shape index (κ3) is 43.5. The molecule has 0 aromatic rings. The molecule has 0 heterocycles. The summed E-state index contributed by atoms with van der Waals surface area (Å²) in [6, 6.07) is -0.728. The van der Waals surface area contributed by atoms with E-state index in [1.807, 2.05) is 48.6 Å². The predicted octanol–water partition coefficient (Wildman–Crippen LogP) is 15.2. The van der Waals surface area contributed by atoms with E-state index in [1.54, 1.807) is 0 Å². The lowest BCUT2D eigenvalue weighted by Gasteiger charge is -2.24. The summed E-state index contributed by atoms with van der Waals surface area (Å²) in [4.78, 5) is 26.1. The van der Waals surface area contributed by atoms with Gasteiger partial charge in [0.25, 0.3) is 0 Å². The Kier molecular flexibility index (Phi) is 45.7. The Labute approximate surface area is 376 Å². The highest BCUT2D eigenvalue weighted by Gasteiger charge is 2.24. The number of hydrogen-bond acceptors (Lipinski definition) is 5. The molecule has 3 N–H and O–H groups in total. The minimum absolute atomic E-state index is 0.0232. The Bertz CT molecular complexity index is 1180. The van der Waals surface area contributed by atoms with Crippen molar-refractivity contribution in [2.75, 3.05) is 6.61 Å². The van der Waals surface area contributed by atoms with Crippen LogP contribution in [0.3, 0.4) is 0 Å². The van der Waals surface area contributed by atoms with E-state index in [1.165, 1.54) is 116 Å². The number of hydrogen-bond donors (Lipinski definition) is 3. The van der Waals surface area contributed by atoms with E-state index in [-0.39, 0.29) is 24.9 Å². The Hall–Kier alpha value is -2.96. The molecule has 61 heavy (non-hydrogen) atoms. The van der Waals surface area contributed by atoms with Gasteiger partial charge in [-0.2, -0.15) is 0 Å². The zero-order valence-corrected chi connectivity index (χ0v) is 39.8. The highest BCUT2D eigenvalue weighted by molar-refractivity contribution is 5.77. The minimum atomic E-state index is -0.809. The molecule has 0 aliphatic carbocycles. The van der Waals surface area contributed by atoms with Gasteiger partial charge >= 0.3 is 5.97 Å². The molecule has 0 rings (SSSR count). The molecule has 0 aliphatic heterocycles. The molecule has 6 nitrogen and oxygen atoms in total. The number of aliphatic hydroxyl groups excluding tert-OH is 2. The average molecular weight is 850 g/mol. The van der Waals surface area contributed by atoms with Crippen molar-refractivity contribution in [3.63, 3.8) is 0 Å². The molecule has 0 aromatic carbocycles. The first-order valence-electron chi connectivity index (χ1n) is 25.4. The summed E-state index contributed by atoms with van der Waals surface area (Å²) >= 11 is 0. The summed E-state index contributed by atoms with van der Waals surface area (Å²) in [6.45, 7) is 6.27. The quantitative estimate of drug-likeness (QED) is 0.0246. The minimum Gasteiger partial charge on any atom is -0.462 e. The largest absolute Gasteiger partial charge is 0.462 e. The van der Waals surface area contributed by atoms with Crippen LogP contribution in [0.2, 0.25) is 0 Å². The van der Waals surface area contributed by atoms with Crippen molar-refractivity contribution >= 4 is 11.9 Å². The van der Waals surface area contributed by atoms with Crippen LogP contribution in [0, 0.1) is 0 Å². The topological polar surface area (TPSA) is 95.9 Å². The van der Waals surface area contributed by atoms with Gasteiger partial charge in [0.1, 0.15) is 6.10 Å². The smallest absolute Gasteiger partial charge is 0.306 e. The number of nitrogens with one attached hydrogen (secondary N) is 1. The van der Waals surface area contributed by atoms with Crippen LogP contribution < -0.4 is 5.32 Å². The van der Waals surface area contributed by atoms with Gasteiger partial charge in [-0.1, -0.05) is 228 Å². The van der Waals surface area contributed by atoms with Gasteiger partial charge in [0.2, 0.25) is 5.91 Å². The molecular weight excluding hydrogens is 755 g/mol. The molecule has 3 atom stereocenters. The van der Waals surface area contributed by atoms with E-state index in [4.69, 9.17) is 4.74 Å². The van der Waals surface area contributed by atoms with Gasteiger partial charge in [0.15, 0.2) is 0 Å². The zero-order valence-electron chi connectivity index (χ0n) is 39.8. The lowest BCUT2D eigenvalue weighted by molar-refractivity contribution is -0.151. The molecule has 350 valence electrons. The number of aliphatic hydroxyl groups is 2. The average Bonchev–Trinajstić information content (AvgIpc) is 3.25. The molecule has 0 spiro atoms. The summed E-state index contributed by atoms with van der Waals surface area (Å²) < 4.78 is 5.89. The maximum Gasteiger partial charge on any atom is 0.306 e. The van der Waals surface area contributed by atoms with E-state index < -0.39 is 18.2 Å². The number of ether oxygens (including phenoxy) is 1. The summed E-state index contributed by atoms with van der Waals surface area (Å²) in [5, 5.41) is 23.7. The SMILES string of the molecule is CC/C=C/C=C/C=C\C=C/C=C/CCCC(CC(=O)NC(CO)C(O)CCCCCCCCCCCC)OC(=O)CCCCCCCCCCC/C=C\C/C=C\CCCCC. The summed E-state index contributed by atoms with van der Waals surface area (Å²) in [6.07, 6.45) is 62.2. The molecule has 0 bridgehead atoms. The second kappa shape index (κ2) is 48.1. The Balaban J connectivity index is 4.64. The number of carbonyl (C=O) groups is 2. The molecule has 0 aromatic heterocycles. The number of amides is 1. The van der Waals surface area contributed by atoms with Crippen LogP contribution in [0.5, 0.6) is 0 Å². The summed E-state index contributed by atoms with van der Waals surface area (Å²) in [5.74, 6) is -0.556. The van der Waals surface area contributed by atoms with Crippen LogP contribution in [-0.2, 0) is 14.3 Å². The van der Waals surface area contributed by atoms with Crippen molar-refractivity contribution in [3.8, 4) is 0 Å². The van der Waals surface area contributed by atoms with Crippen LogP contribution in [-0.4, -0.2) is 46.9 Å². The van der Waals surface area contributed by atoms with E-state index in [2.05, 4.69) is 62.5 Å². The van der Waals surface area contributed by atoms with E-state index >= 15 is 0 Å². The van der Waals surface area contributed by atoms with Crippen LogP contribution in [0.25, 0.3) is 0 Å². The van der Waals surface area contributed by atoms with E-state index in [0.717, 1.165) is 64.2 Å². The van der Waals surface area contributed by atoms with Gasteiger partial charge < -0.3 is 20.3 Å². The van der Waals surface area contributed by atoms with Crippen LogP contribution in [0.15, 0.2) is 85.1 Å². The molecule has 6 heteroatoms. The highest BCUT2D eigenvalue weighted by atomic mass is 16.5. The summed E-state index contributed by atoms with van der Waals surface area (Å²) in [5.41, 5.74) is 0. The van der Waals surface area contributed by atoms with Crippen LogP contribution in [0.4, 0.5) is 0 Å². The van der Waals surface area contributed by atoms with Crippen molar-refractivity contribution in [1.29, 1.82) is 0 Å². The molecular formula is C55H95NO5. The lowest BCUT2D eigenvalue weighted by Crippen LogP contribution is -2.46. The molecule has 0 fully saturated rings. The standard InChI is InChI=1S/C55H95NO5/c1-4-7-10-13-16-19-22-24-25-26-27-28-29-31-33-36-39-42-45-48-55(60)61-51(46-43-40-37-34-32-30-23-20-17-14-11-8-5-2)49-54(59)56-52(50-57)53(58)47-44-41-38-35-21-18-15-12-9-6-3/h8,11,14,16-17,19-20,23-25,30,32,34,37,51-53,57-58H,4-7,9-10,12-13,15,18,21-22,26-29,31,33,35-36,38-50H2,1-3H3,(H,56,59)/b11-8+,17-14+,19-16-,23-20-,25-24-,32-30-,37-34+. The van der Waals surface area contributed by atoms with Crippen LogP contribution >= 0.6 is 0 Å². The second-order valence-electron chi connectivity index (χ2n) is 17.0. The Morgan fingerprint density at radius 3 is 1.52 bits per heavy atom. The first-order chi connectivity index (χ1) is 30.0. The van der Waals surface area contributed by atoms with Gasteiger partial charge in [0.05, 0.1) is 25.2 Å². The van der Waals surface area contributed by atoms with Crippen molar-refractivity contribution in [3.05, 3.63) is 85.1 Å². The van der Waals surface area contributed by atoms with Crippen molar-refractivity contribution < 1.29 is 24.5 Å². The third-order valence-corrected chi connectivity index (χ3v) is 11.1. The zero-order chi connectivity index (χ0) is 44.5. The fraction of sp³-hybridized carbons (Fsp3) is 0.709. The highest BCUT2D eigenvalue weighted by Crippen LogP contribution is 2.17. The Morgan fingerprint density at radius 2 is 0.967 bits per heavy atom. The number of allylic oxidation sites excluding steroid dienone is 14. The number of esters is 1. The lowest BCUT2D eigenvalue weighted by atomic mass is 10.0. The maximum atomic E-state index is 13.2. The Morgan fingerprint density at radius 1 is 0.508 bits per heavy atom. The maximum absolute atomic E-state index is 13.2. The van der Waals surface area contributed by atoms with E-state index in [0.29, 0.717) is 19.3 Å². The van der Waals surface area contributed by atoms with Gasteiger partial charge in [-0.15, -0.1) is 0 Å². The fourth-order valence-electron chi connectivity index (χ4n) is 7.25. The van der Waals surface area contributed by atoms with Gasteiger partial charge in [0, 0.05) is 6.42 Å². The van der Waals surface area contributed by atoms with Gasteiger partial charge in [-0.3, -0.25) is 9.59 Å². The fourth-order valence-corrected chi connectivity index (χ4v) is 7.25. The van der Waals surface area contributed by atoms with Gasteiger partial charge in [-0.25, -0.2) is 0 Å². The van der Waals surface area contributed by atoms with Crippen molar-refractivity contribution in [2.24, 2.45) is 0 Å².